The van der Waals surface area contributed by atoms with Gasteiger partial charge in [-0.2, -0.15) is 0 Å². The van der Waals surface area contributed by atoms with E-state index in [9.17, 15) is 19.2 Å². The lowest BCUT2D eigenvalue weighted by Crippen LogP contribution is -2.16. The Hall–Kier alpha value is -1.80. The van der Waals surface area contributed by atoms with E-state index >= 15 is 0 Å². The summed E-state index contributed by atoms with van der Waals surface area (Å²) in [4.78, 5) is 42.7. The van der Waals surface area contributed by atoms with Crippen LogP contribution >= 0.6 is 0 Å². The first kappa shape index (κ1) is 20.5. The minimum absolute atomic E-state index is 0.115. The lowest BCUT2D eigenvalue weighted by molar-refractivity contribution is -0.154. The summed E-state index contributed by atoms with van der Waals surface area (Å²) < 4.78 is 9.17. The second kappa shape index (κ2) is 13.6. The molecule has 0 saturated carbocycles. The van der Waals surface area contributed by atoms with Crippen molar-refractivity contribution in [2.45, 2.75) is 26.7 Å². The summed E-state index contributed by atoms with van der Waals surface area (Å²) in [5.74, 6) is -1.90. The van der Waals surface area contributed by atoms with E-state index in [2.05, 4.69) is 9.47 Å². The molecule has 0 rings (SSSR count). The zero-order chi connectivity index (χ0) is 16.0. The number of aliphatic hydroxyl groups excluding tert-OH is 2. The number of rotatable bonds is 8. The van der Waals surface area contributed by atoms with Gasteiger partial charge < -0.3 is 19.7 Å². The molecule has 0 heterocycles. The van der Waals surface area contributed by atoms with Gasteiger partial charge in [-0.1, -0.05) is 0 Å². The van der Waals surface area contributed by atoms with Crippen molar-refractivity contribution in [3.63, 3.8) is 0 Å². The van der Waals surface area contributed by atoms with E-state index in [1.165, 1.54) is 13.8 Å². The Labute approximate surface area is 116 Å². The van der Waals surface area contributed by atoms with Gasteiger partial charge in [-0.25, -0.2) is 0 Å². The third kappa shape index (κ3) is 18.6. The molecule has 0 fully saturated rings. The smallest absolute Gasteiger partial charge is 0.313 e. The van der Waals surface area contributed by atoms with Crippen LogP contribution in [0.15, 0.2) is 0 Å². The number of hydrogen-bond donors (Lipinski definition) is 2. The number of hydrogen-bond acceptors (Lipinski definition) is 8. The number of carbonyl (C=O) groups excluding carboxylic acids is 4. The first-order chi connectivity index (χ1) is 9.33. The van der Waals surface area contributed by atoms with E-state index in [0.717, 1.165) is 0 Å². The highest BCUT2D eigenvalue weighted by molar-refractivity contribution is 5.94. The predicted molar refractivity (Wildman–Crippen MR) is 66.7 cm³/mol. The van der Waals surface area contributed by atoms with Gasteiger partial charge in [-0.3, -0.25) is 19.2 Å². The largest absolute Gasteiger partial charge is 0.462 e. The van der Waals surface area contributed by atoms with Gasteiger partial charge in [0, 0.05) is 0 Å². The van der Waals surface area contributed by atoms with Crippen molar-refractivity contribution in [3.8, 4) is 0 Å². The van der Waals surface area contributed by atoms with Gasteiger partial charge in [0.25, 0.3) is 0 Å². The molecular formula is C12H20O8. The molecule has 0 spiro atoms. The van der Waals surface area contributed by atoms with Crippen LogP contribution in [0.4, 0.5) is 0 Å². The molecule has 0 bridgehead atoms. The van der Waals surface area contributed by atoms with Crippen molar-refractivity contribution >= 4 is 23.5 Å². The van der Waals surface area contributed by atoms with Crippen LogP contribution in [0.3, 0.4) is 0 Å². The van der Waals surface area contributed by atoms with Gasteiger partial charge >= 0.3 is 11.9 Å². The van der Waals surface area contributed by atoms with Crippen LogP contribution in [0.2, 0.25) is 0 Å². The van der Waals surface area contributed by atoms with Gasteiger partial charge in [0.05, 0.1) is 13.2 Å². The third-order valence-electron chi connectivity index (χ3n) is 1.50. The fourth-order valence-corrected chi connectivity index (χ4v) is 0.820. The number of Topliss-reactive ketones (excluding diaryl/α,β-unsaturated/α-hetero) is 2. The highest BCUT2D eigenvalue weighted by Gasteiger charge is 2.08. The van der Waals surface area contributed by atoms with Crippen molar-refractivity contribution in [1.82, 2.24) is 0 Å². The van der Waals surface area contributed by atoms with Gasteiger partial charge in [0.2, 0.25) is 0 Å². The van der Waals surface area contributed by atoms with Gasteiger partial charge in [-0.15, -0.1) is 0 Å². The van der Waals surface area contributed by atoms with Crippen LogP contribution in [0.25, 0.3) is 0 Å². The van der Waals surface area contributed by atoms with Crippen LogP contribution in [0, 0.1) is 0 Å². The third-order valence-corrected chi connectivity index (χ3v) is 1.50. The number of carbonyl (C=O) groups is 4. The van der Waals surface area contributed by atoms with Crippen molar-refractivity contribution in [2.75, 3.05) is 26.4 Å². The Morgan fingerprint density at radius 2 is 1.05 bits per heavy atom. The molecule has 8 nitrogen and oxygen atoms in total. The molecule has 0 unspecified atom stereocenters. The molecule has 0 aliphatic rings. The minimum atomic E-state index is -0.657. The molecule has 0 aromatic heterocycles. The molecule has 0 aromatic carbocycles. The highest BCUT2D eigenvalue weighted by atomic mass is 16.6. The second-order valence-electron chi connectivity index (χ2n) is 3.65. The van der Waals surface area contributed by atoms with Gasteiger partial charge in [-0.05, 0) is 13.8 Å². The second-order valence-corrected chi connectivity index (χ2v) is 3.65. The molecule has 116 valence electrons. The summed E-state index contributed by atoms with van der Waals surface area (Å²) in [6.07, 6.45) is -0.581. The van der Waals surface area contributed by atoms with Crippen molar-refractivity contribution in [2.24, 2.45) is 0 Å². The summed E-state index contributed by atoms with van der Waals surface area (Å²) >= 11 is 0. The van der Waals surface area contributed by atoms with E-state index in [0.29, 0.717) is 0 Å². The standard InChI is InChI=1S/C10H14O6.C2H6O2/c1-7(11)5-9(13)15-3-4-16-10(14)6-8(2)12;3-1-2-4/h3-6H2,1-2H3;3-4H,1-2H2. The van der Waals surface area contributed by atoms with Gasteiger partial charge in [0.1, 0.15) is 37.6 Å². The van der Waals surface area contributed by atoms with E-state index in [-0.39, 0.29) is 50.8 Å². The molecule has 0 aliphatic carbocycles. The molecule has 2 N–H and O–H groups in total. The summed E-state index contributed by atoms with van der Waals surface area (Å²) in [5.41, 5.74) is 0. The molecule has 0 amide bonds. The fraction of sp³-hybridized carbons (Fsp3) is 0.667. The minimum Gasteiger partial charge on any atom is -0.462 e. The van der Waals surface area contributed by atoms with Crippen molar-refractivity contribution < 1.29 is 38.9 Å². The Bertz CT molecular complexity index is 291. The number of ether oxygens (including phenoxy) is 2. The maximum Gasteiger partial charge on any atom is 0.313 e. The van der Waals surface area contributed by atoms with E-state index in [4.69, 9.17) is 10.2 Å². The van der Waals surface area contributed by atoms with Crippen molar-refractivity contribution in [3.05, 3.63) is 0 Å². The SMILES string of the molecule is CC(=O)CC(=O)OCCOC(=O)CC(C)=O.OCCO. The Morgan fingerprint density at radius 3 is 1.25 bits per heavy atom. The Kier molecular flexibility index (Phi) is 14.0. The molecule has 0 atom stereocenters. The summed E-state index contributed by atoms with van der Waals surface area (Å²) in [5, 5.41) is 15.2. The maximum atomic E-state index is 10.8. The summed E-state index contributed by atoms with van der Waals surface area (Å²) in [6.45, 7) is 2.06. The average Bonchev–Trinajstić information content (AvgIpc) is 2.33. The van der Waals surface area contributed by atoms with Crippen LogP contribution < -0.4 is 0 Å². The molecule has 0 aliphatic heterocycles. The number of aliphatic hydroxyl groups is 2. The highest BCUT2D eigenvalue weighted by Crippen LogP contribution is 1.91. The van der Waals surface area contributed by atoms with Crippen LogP contribution in [0.5, 0.6) is 0 Å². The number of esters is 2. The zero-order valence-electron chi connectivity index (χ0n) is 11.6. The number of ketones is 2. The fourth-order valence-electron chi connectivity index (χ4n) is 0.820. The zero-order valence-corrected chi connectivity index (χ0v) is 11.6. The first-order valence-corrected chi connectivity index (χ1v) is 5.85. The van der Waals surface area contributed by atoms with Crippen LogP contribution in [-0.4, -0.2) is 60.1 Å². The summed E-state index contributed by atoms with van der Waals surface area (Å²) in [7, 11) is 0. The molecule has 0 saturated heterocycles. The predicted octanol–water partition coefficient (Wildman–Crippen LogP) is -0.998. The Balaban J connectivity index is 0. The Morgan fingerprint density at radius 1 is 0.750 bits per heavy atom. The molecule has 0 aromatic rings. The molecule has 20 heavy (non-hydrogen) atoms. The monoisotopic (exact) mass is 292 g/mol. The van der Waals surface area contributed by atoms with E-state index < -0.39 is 11.9 Å². The maximum absolute atomic E-state index is 10.8. The molecule has 8 heteroatoms. The van der Waals surface area contributed by atoms with E-state index in [1.54, 1.807) is 0 Å². The average molecular weight is 292 g/mol. The first-order valence-electron chi connectivity index (χ1n) is 5.85. The lowest BCUT2D eigenvalue weighted by Gasteiger charge is -2.04. The van der Waals surface area contributed by atoms with Crippen molar-refractivity contribution in [1.29, 1.82) is 0 Å². The quantitative estimate of drug-likeness (QED) is 0.331. The van der Waals surface area contributed by atoms with Crippen LogP contribution in [-0.2, 0) is 28.7 Å². The molecular weight excluding hydrogens is 272 g/mol. The normalized spacial score (nSPS) is 9.00. The summed E-state index contributed by atoms with van der Waals surface area (Å²) in [6, 6.07) is 0. The van der Waals surface area contributed by atoms with Crippen LogP contribution in [0.1, 0.15) is 26.7 Å². The van der Waals surface area contributed by atoms with Gasteiger partial charge in [0.15, 0.2) is 0 Å². The lowest BCUT2D eigenvalue weighted by atomic mass is 10.3. The molecule has 0 radical (unpaired) electrons. The topological polar surface area (TPSA) is 127 Å². The van der Waals surface area contributed by atoms with E-state index in [1.807, 2.05) is 0 Å².